The Hall–Kier alpha value is -3.22. The summed E-state index contributed by atoms with van der Waals surface area (Å²) in [6, 6.07) is 12.3. The van der Waals surface area contributed by atoms with Crippen molar-refractivity contribution >= 4 is 17.0 Å². The summed E-state index contributed by atoms with van der Waals surface area (Å²) in [6.45, 7) is 0.668. The zero-order valence-corrected chi connectivity index (χ0v) is 14.7. The number of hydrogen-bond donors (Lipinski definition) is 1. The highest BCUT2D eigenvalue weighted by molar-refractivity contribution is 5.90. The molecule has 1 aromatic heterocycles. The van der Waals surface area contributed by atoms with E-state index in [1.165, 1.54) is 14.2 Å². The molecule has 0 saturated carbocycles. The lowest BCUT2D eigenvalue weighted by atomic mass is 10.2. The number of carbonyl (C=O) groups excluding carboxylic acids is 1. The molecule has 2 aromatic carbocycles. The number of aromatic nitrogens is 2. The molecule has 1 heterocycles. The average molecular weight is 356 g/mol. The summed E-state index contributed by atoms with van der Waals surface area (Å²) in [5.74, 6) is 0.562. The standard InChI is InChI=1S/C19H20N2O5/c1-24-16-9-8-13(12-17(16)25-2)18(22)26-11-5-10-21-15-7-4-3-6-14(15)20-19(21)23/h3-4,6-9,12H,5,10-11H2,1-2H3,(H,20,23). The van der Waals surface area contributed by atoms with Crippen LogP contribution < -0.4 is 15.2 Å². The summed E-state index contributed by atoms with van der Waals surface area (Å²) >= 11 is 0. The van der Waals surface area contributed by atoms with Crippen LogP contribution in [0, 0.1) is 0 Å². The van der Waals surface area contributed by atoms with Gasteiger partial charge in [-0.2, -0.15) is 0 Å². The number of nitrogens with zero attached hydrogens (tertiary/aromatic N) is 1. The molecular formula is C19H20N2O5. The first-order valence-corrected chi connectivity index (χ1v) is 8.20. The van der Waals surface area contributed by atoms with Crippen LogP contribution in [-0.4, -0.2) is 36.3 Å². The normalized spacial score (nSPS) is 10.7. The summed E-state index contributed by atoms with van der Waals surface area (Å²) in [6.07, 6.45) is 0.529. The third-order valence-electron chi connectivity index (χ3n) is 4.06. The molecule has 7 nitrogen and oxygen atoms in total. The third kappa shape index (κ3) is 3.56. The van der Waals surface area contributed by atoms with Crippen LogP contribution in [0.5, 0.6) is 11.5 Å². The van der Waals surface area contributed by atoms with E-state index in [2.05, 4.69) is 4.98 Å². The minimum Gasteiger partial charge on any atom is -0.493 e. The van der Waals surface area contributed by atoms with Crippen LogP contribution >= 0.6 is 0 Å². The van der Waals surface area contributed by atoms with Crippen molar-refractivity contribution in [3.63, 3.8) is 0 Å². The van der Waals surface area contributed by atoms with Crippen molar-refractivity contribution in [1.29, 1.82) is 0 Å². The predicted molar refractivity (Wildman–Crippen MR) is 97.0 cm³/mol. The first-order valence-electron chi connectivity index (χ1n) is 8.20. The van der Waals surface area contributed by atoms with E-state index in [9.17, 15) is 9.59 Å². The van der Waals surface area contributed by atoms with Crippen LogP contribution in [0.15, 0.2) is 47.3 Å². The Balaban J connectivity index is 1.59. The first kappa shape index (κ1) is 17.6. The van der Waals surface area contributed by atoms with Gasteiger partial charge in [0.05, 0.1) is 37.4 Å². The summed E-state index contributed by atoms with van der Waals surface area (Å²) in [4.78, 5) is 27.0. The number of methoxy groups -OCH3 is 2. The number of aromatic amines is 1. The second kappa shape index (κ2) is 7.77. The molecule has 0 amide bonds. The molecule has 0 atom stereocenters. The van der Waals surface area contributed by atoms with Gasteiger partial charge in [0.2, 0.25) is 0 Å². The average Bonchev–Trinajstić information content (AvgIpc) is 2.99. The molecule has 0 aliphatic heterocycles. The van der Waals surface area contributed by atoms with E-state index in [1.54, 1.807) is 22.8 Å². The van der Waals surface area contributed by atoms with Crippen molar-refractivity contribution in [3.05, 3.63) is 58.5 Å². The number of imidazole rings is 1. The highest BCUT2D eigenvalue weighted by Gasteiger charge is 2.12. The Kier molecular flexibility index (Phi) is 5.26. The number of benzene rings is 2. The number of nitrogens with one attached hydrogen (secondary N) is 1. The van der Waals surface area contributed by atoms with E-state index in [1.807, 2.05) is 24.3 Å². The Morgan fingerprint density at radius 1 is 1.08 bits per heavy atom. The van der Waals surface area contributed by atoms with Gasteiger partial charge >= 0.3 is 11.7 Å². The largest absolute Gasteiger partial charge is 0.493 e. The van der Waals surface area contributed by atoms with E-state index in [-0.39, 0.29) is 12.3 Å². The van der Waals surface area contributed by atoms with Gasteiger partial charge in [-0.3, -0.25) is 4.57 Å². The highest BCUT2D eigenvalue weighted by atomic mass is 16.5. The maximum absolute atomic E-state index is 12.2. The minimum atomic E-state index is -0.447. The van der Waals surface area contributed by atoms with Gasteiger partial charge in [-0.1, -0.05) is 12.1 Å². The number of rotatable bonds is 7. The van der Waals surface area contributed by atoms with Crippen molar-refractivity contribution in [3.8, 4) is 11.5 Å². The van der Waals surface area contributed by atoms with Gasteiger partial charge in [0, 0.05) is 6.54 Å². The number of ether oxygens (including phenoxy) is 3. The molecule has 7 heteroatoms. The molecule has 0 saturated heterocycles. The number of esters is 1. The molecule has 136 valence electrons. The molecule has 0 spiro atoms. The Morgan fingerprint density at radius 2 is 1.85 bits per heavy atom. The Bertz CT molecular complexity index is 973. The van der Waals surface area contributed by atoms with Crippen molar-refractivity contribution < 1.29 is 19.0 Å². The lowest BCUT2D eigenvalue weighted by Crippen LogP contribution is -2.18. The van der Waals surface area contributed by atoms with E-state index >= 15 is 0 Å². The molecule has 0 bridgehead atoms. The maximum Gasteiger partial charge on any atom is 0.338 e. The molecule has 0 fully saturated rings. The first-order chi connectivity index (χ1) is 12.6. The SMILES string of the molecule is COc1ccc(C(=O)OCCCn2c(=O)[nH]c3ccccc32)cc1OC. The number of hydrogen-bond acceptors (Lipinski definition) is 5. The van der Waals surface area contributed by atoms with E-state index < -0.39 is 5.97 Å². The second-order valence-corrected chi connectivity index (χ2v) is 5.66. The zero-order chi connectivity index (χ0) is 18.5. The van der Waals surface area contributed by atoms with Crippen molar-refractivity contribution in [2.45, 2.75) is 13.0 Å². The quantitative estimate of drug-likeness (QED) is 0.520. The van der Waals surface area contributed by atoms with Gasteiger partial charge in [-0.25, -0.2) is 9.59 Å². The van der Waals surface area contributed by atoms with Gasteiger partial charge in [0.1, 0.15) is 0 Å². The van der Waals surface area contributed by atoms with Crippen LogP contribution in [0.25, 0.3) is 11.0 Å². The lowest BCUT2D eigenvalue weighted by Gasteiger charge is -2.10. The van der Waals surface area contributed by atoms with E-state index in [0.29, 0.717) is 30.0 Å². The van der Waals surface area contributed by atoms with Crippen LogP contribution in [0.4, 0.5) is 0 Å². The molecule has 3 rings (SSSR count). The summed E-state index contributed by atoms with van der Waals surface area (Å²) in [5, 5.41) is 0. The number of fused-ring (bicyclic) bond motifs is 1. The van der Waals surface area contributed by atoms with Gasteiger partial charge in [-0.15, -0.1) is 0 Å². The van der Waals surface area contributed by atoms with Gasteiger partial charge in [0.25, 0.3) is 0 Å². The molecule has 0 unspecified atom stereocenters. The molecule has 0 aliphatic carbocycles. The number of aryl methyl sites for hydroxylation is 1. The summed E-state index contributed by atoms with van der Waals surface area (Å²) in [7, 11) is 3.04. The van der Waals surface area contributed by atoms with E-state index in [0.717, 1.165) is 11.0 Å². The zero-order valence-electron chi connectivity index (χ0n) is 14.7. The number of para-hydroxylation sites is 2. The third-order valence-corrected chi connectivity index (χ3v) is 4.06. The monoisotopic (exact) mass is 356 g/mol. The van der Waals surface area contributed by atoms with Crippen molar-refractivity contribution in [1.82, 2.24) is 9.55 Å². The summed E-state index contributed by atoms with van der Waals surface area (Å²) in [5.41, 5.74) is 1.84. The van der Waals surface area contributed by atoms with Gasteiger partial charge < -0.3 is 19.2 Å². The fraction of sp³-hybridized carbons (Fsp3) is 0.263. The molecule has 1 N–H and O–H groups in total. The van der Waals surface area contributed by atoms with Crippen LogP contribution in [-0.2, 0) is 11.3 Å². The minimum absolute atomic E-state index is 0.169. The van der Waals surface area contributed by atoms with Crippen LogP contribution in [0.3, 0.4) is 0 Å². The fourth-order valence-electron chi connectivity index (χ4n) is 2.76. The second-order valence-electron chi connectivity index (χ2n) is 5.66. The smallest absolute Gasteiger partial charge is 0.338 e. The highest BCUT2D eigenvalue weighted by Crippen LogP contribution is 2.27. The lowest BCUT2D eigenvalue weighted by molar-refractivity contribution is 0.0495. The molecular weight excluding hydrogens is 336 g/mol. The van der Waals surface area contributed by atoms with Crippen LogP contribution in [0.1, 0.15) is 16.8 Å². The topological polar surface area (TPSA) is 82.5 Å². The van der Waals surface area contributed by atoms with Gasteiger partial charge in [0.15, 0.2) is 11.5 Å². The number of carbonyl (C=O) groups is 1. The van der Waals surface area contributed by atoms with E-state index in [4.69, 9.17) is 14.2 Å². The molecule has 3 aromatic rings. The molecule has 26 heavy (non-hydrogen) atoms. The van der Waals surface area contributed by atoms with Crippen LogP contribution in [0.2, 0.25) is 0 Å². The summed E-state index contributed by atoms with van der Waals surface area (Å²) < 4.78 is 17.3. The molecule has 0 aliphatic rings. The maximum atomic E-state index is 12.2. The van der Waals surface area contributed by atoms with Crippen molar-refractivity contribution in [2.75, 3.05) is 20.8 Å². The van der Waals surface area contributed by atoms with Gasteiger partial charge in [-0.05, 0) is 36.8 Å². The fourth-order valence-corrected chi connectivity index (χ4v) is 2.76. The Labute approximate surface area is 150 Å². The van der Waals surface area contributed by atoms with Crippen molar-refractivity contribution in [2.24, 2.45) is 0 Å². The molecule has 0 radical (unpaired) electrons. The number of H-pyrrole nitrogens is 1. The predicted octanol–water partition coefficient (Wildman–Crippen LogP) is 2.59. The Morgan fingerprint density at radius 3 is 2.62 bits per heavy atom.